The van der Waals surface area contributed by atoms with Crippen molar-refractivity contribution in [1.82, 2.24) is 25.5 Å². The van der Waals surface area contributed by atoms with Crippen molar-refractivity contribution in [1.29, 1.82) is 0 Å². The third kappa shape index (κ3) is 2.56. The number of rotatable bonds is 4. The van der Waals surface area contributed by atoms with Crippen LogP contribution in [0.25, 0.3) is 5.57 Å². The van der Waals surface area contributed by atoms with Crippen LogP contribution in [0.2, 0.25) is 0 Å². The van der Waals surface area contributed by atoms with E-state index in [1.807, 2.05) is 6.92 Å². The molecule has 0 aliphatic carbocycles. The maximum atomic E-state index is 11.7. The predicted octanol–water partition coefficient (Wildman–Crippen LogP) is 0.240. The molecule has 2 heterocycles. The Hall–Kier alpha value is -1.76. The molecule has 0 saturated carbocycles. The molecule has 1 N–H and O–H groups in total. The Morgan fingerprint density at radius 3 is 3.11 bits per heavy atom. The van der Waals surface area contributed by atoms with Gasteiger partial charge in [0, 0.05) is 18.7 Å². The third-order valence-corrected chi connectivity index (χ3v) is 3.11. The number of esters is 1. The highest BCUT2D eigenvalue weighted by Crippen LogP contribution is 2.20. The second-order valence-electron chi connectivity index (χ2n) is 4.17. The van der Waals surface area contributed by atoms with Crippen molar-refractivity contribution >= 4 is 11.5 Å². The van der Waals surface area contributed by atoms with Crippen LogP contribution >= 0.6 is 0 Å². The van der Waals surface area contributed by atoms with E-state index in [9.17, 15) is 4.79 Å². The molecule has 18 heavy (non-hydrogen) atoms. The Morgan fingerprint density at radius 1 is 1.67 bits per heavy atom. The van der Waals surface area contributed by atoms with Crippen LogP contribution in [0.3, 0.4) is 0 Å². The van der Waals surface area contributed by atoms with Gasteiger partial charge in [-0.15, -0.1) is 10.2 Å². The fourth-order valence-electron chi connectivity index (χ4n) is 2.20. The fraction of sp³-hybridized carbons (Fsp3) is 0.636. The van der Waals surface area contributed by atoms with Gasteiger partial charge in [0.1, 0.15) is 6.04 Å². The first-order valence-corrected chi connectivity index (χ1v) is 6.01. The Kier molecular flexibility index (Phi) is 4.03. The number of aromatic amines is 1. The van der Waals surface area contributed by atoms with E-state index in [1.165, 1.54) is 7.11 Å². The minimum Gasteiger partial charge on any atom is -0.468 e. The molecular formula is C11H17N5O2. The number of hydrogen-bond acceptors (Lipinski definition) is 6. The van der Waals surface area contributed by atoms with Crippen LogP contribution in [0.5, 0.6) is 0 Å². The van der Waals surface area contributed by atoms with E-state index in [1.54, 1.807) is 0 Å². The van der Waals surface area contributed by atoms with Gasteiger partial charge in [0.25, 0.3) is 0 Å². The molecule has 1 aliphatic heterocycles. The number of H-pyrrole nitrogens is 1. The Balaban J connectivity index is 2.09. The molecule has 0 fully saturated rings. The number of hydrogen-bond donors (Lipinski definition) is 1. The van der Waals surface area contributed by atoms with Crippen LogP contribution < -0.4 is 0 Å². The van der Waals surface area contributed by atoms with E-state index in [0.717, 1.165) is 25.0 Å². The summed E-state index contributed by atoms with van der Waals surface area (Å²) in [6.07, 6.45) is 3.69. The summed E-state index contributed by atoms with van der Waals surface area (Å²) in [5.74, 6) is 0.409. The molecular weight excluding hydrogens is 234 g/mol. The summed E-state index contributed by atoms with van der Waals surface area (Å²) >= 11 is 0. The lowest BCUT2D eigenvalue weighted by Crippen LogP contribution is -2.44. The molecule has 98 valence electrons. The maximum Gasteiger partial charge on any atom is 0.323 e. The molecule has 0 amide bonds. The molecule has 2 rings (SSSR count). The molecule has 0 saturated heterocycles. The van der Waals surface area contributed by atoms with Crippen LogP contribution in [0.4, 0.5) is 0 Å². The zero-order valence-corrected chi connectivity index (χ0v) is 10.6. The summed E-state index contributed by atoms with van der Waals surface area (Å²) in [5, 5.41) is 13.9. The molecule has 0 spiro atoms. The smallest absolute Gasteiger partial charge is 0.323 e. The van der Waals surface area contributed by atoms with Gasteiger partial charge in [-0.2, -0.15) is 5.21 Å². The first-order chi connectivity index (χ1) is 8.76. The van der Waals surface area contributed by atoms with Crippen LogP contribution in [-0.4, -0.2) is 57.7 Å². The third-order valence-electron chi connectivity index (χ3n) is 3.11. The van der Waals surface area contributed by atoms with E-state index < -0.39 is 0 Å². The highest BCUT2D eigenvalue weighted by Gasteiger charge is 2.28. The van der Waals surface area contributed by atoms with Gasteiger partial charge in [-0.05, 0) is 18.1 Å². The van der Waals surface area contributed by atoms with E-state index >= 15 is 0 Å². The predicted molar refractivity (Wildman–Crippen MR) is 64.4 cm³/mol. The molecule has 0 aromatic carbocycles. The molecule has 1 atom stereocenters. The molecule has 1 aromatic rings. The lowest BCUT2D eigenvalue weighted by atomic mass is 10.1. The van der Waals surface area contributed by atoms with Gasteiger partial charge in [-0.1, -0.05) is 13.0 Å². The molecule has 1 aliphatic rings. The van der Waals surface area contributed by atoms with Crippen LogP contribution in [0.1, 0.15) is 25.6 Å². The van der Waals surface area contributed by atoms with Crippen LogP contribution in [0.15, 0.2) is 6.08 Å². The van der Waals surface area contributed by atoms with E-state index in [2.05, 4.69) is 31.6 Å². The summed E-state index contributed by atoms with van der Waals surface area (Å²) in [6, 6.07) is -0.203. The number of ether oxygens (including phenoxy) is 1. The number of nitrogens with zero attached hydrogens (tertiary/aromatic N) is 4. The van der Waals surface area contributed by atoms with Crippen LogP contribution in [-0.2, 0) is 9.53 Å². The zero-order valence-electron chi connectivity index (χ0n) is 10.6. The Bertz CT molecular complexity index is 429. The summed E-state index contributed by atoms with van der Waals surface area (Å²) in [7, 11) is 1.42. The van der Waals surface area contributed by atoms with Crippen molar-refractivity contribution < 1.29 is 9.53 Å². The van der Waals surface area contributed by atoms with Crippen molar-refractivity contribution in [2.45, 2.75) is 25.8 Å². The van der Waals surface area contributed by atoms with Gasteiger partial charge < -0.3 is 4.74 Å². The normalized spacial score (nSPS) is 18.2. The van der Waals surface area contributed by atoms with Crippen molar-refractivity contribution in [3.63, 3.8) is 0 Å². The van der Waals surface area contributed by atoms with E-state index in [4.69, 9.17) is 4.74 Å². The fourth-order valence-corrected chi connectivity index (χ4v) is 2.20. The monoisotopic (exact) mass is 251 g/mol. The lowest BCUT2D eigenvalue weighted by Gasteiger charge is -2.31. The number of nitrogens with one attached hydrogen (secondary N) is 1. The van der Waals surface area contributed by atoms with E-state index in [-0.39, 0.29) is 12.0 Å². The number of tetrazole rings is 1. The highest BCUT2D eigenvalue weighted by molar-refractivity contribution is 5.76. The largest absolute Gasteiger partial charge is 0.468 e. The van der Waals surface area contributed by atoms with E-state index in [0.29, 0.717) is 12.4 Å². The number of carbonyl (C=O) groups excluding carboxylic acids is 1. The second-order valence-corrected chi connectivity index (χ2v) is 4.17. The summed E-state index contributed by atoms with van der Waals surface area (Å²) in [4.78, 5) is 13.8. The molecule has 1 aromatic heterocycles. The Labute approximate surface area is 105 Å². The first-order valence-electron chi connectivity index (χ1n) is 6.01. The Morgan fingerprint density at radius 2 is 2.50 bits per heavy atom. The topological polar surface area (TPSA) is 84.0 Å². The standard InChI is InChI=1S/C11H17N5O2/c1-3-9(11(17)18-2)16-6-4-5-8(7-16)10-12-14-15-13-10/h5,9H,3-4,6-7H2,1-2H3,(H,12,13,14,15). The van der Waals surface area contributed by atoms with Gasteiger partial charge in [0.2, 0.25) is 5.82 Å². The SMILES string of the molecule is CCC(C(=O)OC)N1CCC=C(c2nn[nH]n2)C1. The van der Waals surface area contributed by atoms with Crippen molar-refractivity contribution in [2.24, 2.45) is 0 Å². The summed E-state index contributed by atoms with van der Waals surface area (Å²) in [5.41, 5.74) is 0.998. The number of methoxy groups -OCH3 is 1. The van der Waals surface area contributed by atoms with Gasteiger partial charge in [0.05, 0.1) is 7.11 Å². The lowest BCUT2D eigenvalue weighted by molar-refractivity contribution is -0.146. The van der Waals surface area contributed by atoms with Gasteiger partial charge in [0.15, 0.2) is 0 Å². The van der Waals surface area contributed by atoms with Crippen molar-refractivity contribution in [3.8, 4) is 0 Å². The average molecular weight is 251 g/mol. The first kappa shape index (κ1) is 12.7. The maximum absolute atomic E-state index is 11.7. The highest BCUT2D eigenvalue weighted by atomic mass is 16.5. The molecule has 0 radical (unpaired) electrons. The minimum atomic E-state index is -0.203. The van der Waals surface area contributed by atoms with Gasteiger partial charge in [-0.25, -0.2) is 0 Å². The van der Waals surface area contributed by atoms with Crippen molar-refractivity contribution in [2.75, 3.05) is 20.2 Å². The van der Waals surface area contributed by atoms with Crippen LogP contribution in [0, 0.1) is 0 Å². The zero-order chi connectivity index (χ0) is 13.0. The minimum absolute atomic E-state index is 0.188. The summed E-state index contributed by atoms with van der Waals surface area (Å²) < 4.78 is 4.83. The summed E-state index contributed by atoms with van der Waals surface area (Å²) in [6.45, 7) is 3.47. The van der Waals surface area contributed by atoms with Gasteiger partial charge >= 0.3 is 5.97 Å². The number of aromatic nitrogens is 4. The molecule has 0 bridgehead atoms. The number of carbonyl (C=O) groups is 1. The average Bonchev–Trinajstić information content (AvgIpc) is 2.93. The quantitative estimate of drug-likeness (QED) is 0.772. The molecule has 1 unspecified atom stereocenters. The van der Waals surface area contributed by atoms with Gasteiger partial charge in [-0.3, -0.25) is 9.69 Å². The molecule has 7 heteroatoms. The van der Waals surface area contributed by atoms with Crippen molar-refractivity contribution in [3.05, 3.63) is 11.9 Å². The second kappa shape index (κ2) is 5.72. The molecule has 7 nitrogen and oxygen atoms in total.